The molecule has 0 saturated carbocycles. The molecule has 0 heterocycles. The lowest BCUT2D eigenvalue weighted by Gasteiger charge is -2.31. The Hall–Kier alpha value is -0.620. The summed E-state index contributed by atoms with van der Waals surface area (Å²) in [5.74, 6) is 0.726. The van der Waals surface area contributed by atoms with Crippen molar-refractivity contribution in [1.29, 1.82) is 0 Å². The summed E-state index contributed by atoms with van der Waals surface area (Å²) in [6.07, 6.45) is -0.330. The maximum atomic E-state index is 10.4. The summed E-state index contributed by atoms with van der Waals surface area (Å²) >= 11 is 3.40. The first kappa shape index (κ1) is 15.4. The van der Waals surface area contributed by atoms with Gasteiger partial charge in [0.2, 0.25) is 0 Å². The Kier molecular flexibility index (Phi) is 5.59. The third-order valence-electron chi connectivity index (χ3n) is 2.73. The van der Waals surface area contributed by atoms with E-state index in [-0.39, 0.29) is 0 Å². The fraction of sp³-hybridized carbons (Fsp3) is 0.538. The lowest BCUT2D eigenvalue weighted by Crippen LogP contribution is -2.43. The highest BCUT2D eigenvalue weighted by Crippen LogP contribution is 2.28. The summed E-state index contributed by atoms with van der Waals surface area (Å²) < 4.78 is 16.4. The molecule has 0 aromatic heterocycles. The van der Waals surface area contributed by atoms with Crippen LogP contribution in [0.1, 0.15) is 12.5 Å². The third-order valence-corrected chi connectivity index (χ3v) is 3.22. The lowest BCUT2D eigenvalue weighted by atomic mass is 9.95. The van der Waals surface area contributed by atoms with Gasteiger partial charge in [-0.05, 0) is 30.7 Å². The minimum atomic E-state index is -1.14. The van der Waals surface area contributed by atoms with E-state index >= 15 is 0 Å². The average molecular weight is 319 g/mol. The van der Waals surface area contributed by atoms with Crippen molar-refractivity contribution in [2.24, 2.45) is 0 Å². The number of rotatable bonds is 6. The van der Waals surface area contributed by atoms with Gasteiger partial charge in [-0.15, -0.1) is 0 Å². The lowest BCUT2D eigenvalue weighted by molar-refractivity contribution is -0.207. The fourth-order valence-electron chi connectivity index (χ4n) is 1.96. The van der Waals surface area contributed by atoms with Gasteiger partial charge in [0.1, 0.15) is 11.4 Å². The third kappa shape index (κ3) is 3.68. The first-order valence-corrected chi connectivity index (χ1v) is 6.34. The van der Waals surface area contributed by atoms with E-state index in [1.165, 1.54) is 14.2 Å². The quantitative estimate of drug-likeness (QED) is 0.818. The molecule has 1 rings (SSSR count). The Labute approximate surface area is 116 Å². The van der Waals surface area contributed by atoms with Crippen LogP contribution < -0.4 is 4.74 Å². The van der Waals surface area contributed by atoms with Gasteiger partial charge in [0.25, 0.3) is 0 Å². The number of hydrogen-bond donors (Lipinski definition) is 1. The normalized spacial score (nSPS) is 14.6. The maximum absolute atomic E-state index is 10.4. The van der Waals surface area contributed by atoms with Gasteiger partial charge in [0.15, 0.2) is 6.29 Å². The van der Waals surface area contributed by atoms with Crippen LogP contribution in [0, 0.1) is 0 Å². The van der Waals surface area contributed by atoms with Crippen molar-refractivity contribution >= 4 is 15.9 Å². The molecule has 0 aliphatic rings. The molecule has 5 heteroatoms. The van der Waals surface area contributed by atoms with Crippen molar-refractivity contribution in [1.82, 2.24) is 0 Å². The second-order valence-electron chi connectivity index (χ2n) is 4.29. The number of hydrogen-bond acceptors (Lipinski definition) is 4. The van der Waals surface area contributed by atoms with Crippen molar-refractivity contribution in [2.45, 2.75) is 25.2 Å². The summed E-state index contributed by atoms with van der Waals surface area (Å²) in [6, 6.07) is 5.65. The van der Waals surface area contributed by atoms with Gasteiger partial charge in [-0.2, -0.15) is 0 Å². The molecule has 1 atom stereocenters. The van der Waals surface area contributed by atoms with E-state index in [4.69, 9.17) is 14.2 Å². The Morgan fingerprint density at radius 1 is 1.28 bits per heavy atom. The summed E-state index contributed by atoms with van der Waals surface area (Å²) in [5, 5.41) is 10.4. The van der Waals surface area contributed by atoms with Crippen LogP contribution in [-0.2, 0) is 15.9 Å². The van der Waals surface area contributed by atoms with E-state index in [1.807, 2.05) is 18.2 Å². The fourth-order valence-corrected chi connectivity index (χ4v) is 2.37. The Morgan fingerprint density at radius 2 is 1.89 bits per heavy atom. The van der Waals surface area contributed by atoms with Crippen molar-refractivity contribution in [2.75, 3.05) is 21.3 Å². The van der Waals surface area contributed by atoms with Crippen LogP contribution in [0.5, 0.6) is 5.75 Å². The highest BCUT2D eigenvalue weighted by atomic mass is 79.9. The van der Waals surface area contributed by atoms with E-state index in [0.29, 0.717) is 6.42 Å². The average Bonchev–Trinajstić information content (AvgIpc) is 2.29. The van der Waals surface area contributed by atoms with Crippen LogP contribution in [0.3, 0.4) is 0 Å². The molecule has 18 heavy (non-hydrogen) atoms. The Bertz CT molecular complexity index is 389. The molecule has 0 aliphatic carbocycles. The van der Waals surface area contributed by atoms with Gasteiger partial charge in [-0.25, -0.2) is 0 Å². The van der Waals surface area contributed by atoms with Crippen molar-refractivity contribution < 1.29 is 19.3 Å². The SMILES string of the molecule is COc1ccc(Br)cc1CC(C)(O)C(OC)OC. The van der Waals surface area contributed by atoms with Gasteiger partial charge in [-0.1, -0.05) is 15.9 Å². The number of benzene rings is 1. The predicted molar refractivity (Wildman–Crippen MR) is 72.8 cm³/mol. The zero-order valence-corrected chi connectivity index (χ0v) is 12.7. The summed E-state index contributed by atoms with van der Waals surface area (Å²) in [7, 11) is 4.60. The second-order valence-corrected chi connectivity index (χ2v) is 5.21. The molecule has 0 spiro atoms. The standard InChI is InChI=1S/C13H19BrO4/c1-13(15,12(17-3)18-4)8-9-7-10(14)5-6-11(9)16-2/h5-7,12,15H,8H2,1-4H3. The van der Waals surface area contributed by atoms with E-state index in [9.17, 15) is 5.11 Å². The van der Waals surface area contributed by atoms with E-state index < -0.39 is 11.9 Å². The smallest absolute Gasteiger partial charge is 0.185 e. The molecule has 0 fully saturated rings. The van der Waals surface area contributed by atoms with Gasteiger partial charge in [0.05, 0.1) is 7.11 Å². The molecule has 1 aromatic carbocycles. The van der Waals surface area contributed by atoms with Crippen LogP contribution in [0.2, 0.25) is 0 Å². The van der Waals surface area contributed by atoms with Crippen LogP contribution in [0.15, 0.2) is 22.7 Å². The molecule has 0 saturated heterocycles. The molecule has 0 aliphatic heterocycles. The number of methoxy groups -OCH3 is 3. The van der Waals surface area contributed by atoms with Crippen LogP contribution >= 0.6 is 15.9 Å². The largest absolute Gasteiger partial charge is 0.496 e. The number of aliphatic hydroxyl groups is 1. The first-order chi connectivity index (χ1) is 8.44. The summed E-state index contributed by atoms with van der Waals surface area (Å²) in [5.41, 5.74) is -0.256. The molecule has 1 unspecified atom stereocenters. The van der Waals surface area contributed by atoms with Crippen molar-refractivity contribution in [3.8, 4) is 5.75 Å². The monoisotopic (exact) mass is 318 g/mol. The second kappa shape index (κ2) is 6.52. The van der Waals surface area contributed by atoms with Crippen molar-refractivity contribution in [3.63, 3.8) is 0 Å². The molecule has 4 nitrogen and oxygen atoms in total. The summed E-state index contributed by atoms with van der Waals surface area (Å²) in [6.45, 7) is 1.67. The number of ether oxygens (including phenoxy) is 3. The highest BCUT2D eigenvalue weighted by molar-refractivity contribution is 9.10. The van der Waals surface area contributed by atoms with E-state index in [0.717, 1.165) is 15.8 Å². The molecule has 0 radical (unpaired) electrons. The van der Waals surface area contributed by atoms with Gasteiger partial charge >= 0.3 is 0 Å². The maximum Gasteiger partial charge on any atom is 0.185 e. The minimum absolute atomic E-state index is 0.363. The highest BCUT2D eigenvalue weighted by Gasteiger charge is 2.33. The Balaban J connectivity index is 2.98. The van der Waals surface area contributed by atoms with E-state index in [2.05, 4.69) is 15.9 Å². The molecular formula is C13H19BrO4. The molecule has 1 aromatic rings. The summed E-state index contributed by atoms with van der Waals surface area (Å²) in [4.78, 5) is 0. The predicted octanol–water partition coefficient (Wildman–Crippen LogP) is 2.37. The topological polar surface area (TPSA) is 47.9 Å². The Morgan fingerprint density at radius 3 is 2.39 bits per heavy atom. The van der Waals surface area contributed by atoms with Crippen LogP contribution in [-0.4, -0.2) is 38.3 Å². The minimum Gasteiger partial charge on any atom is -0.496 e. The zero-order valence-electron chi connectivity index (χ0n) is 11.1. The number of halogens is 1. The molecule has 102 valence electrons. The van der Waals surface area contributed by atoms with Gasteiger partial charge < -0.3 is 19.3 Å². The van der Waals surface area contributed by atoms with Crippen LogP contribution in [0.4, 0.5) is 0 Å². The van der Waals surface area contributed by atoms with Crippen molar-refractivity contribution in [3.05, 3.63) is 28.2 Å². The first-order valence-electron chi connectivity index (χ1n) is 5.55. The molecule has 1 N–H and O–H groups in total. The molecule has 0 bridgehead atoms. The van der Waals surface area contributed by atoms with E-state index in [1.54, 1.807) is 14.0 Å². The van der Waals surface area contributed by atoms with Gasteiger partial charge in [-0.3, -0.25) is 0 Å². The molecule has 0 amide bonds. The zero-order chi connectivity index (χ0) is 13.8. The molecular weight excluding hydrogens is 300 g/mol. The van der Waals surface area contributed by atoms with Crippen LogP contribution in [0.25, 0.3) is 0 Å². The van der Waals surface area contributed by atoms with Gasteiger partial charge in [0, 0.05) is 25.1 Å².